The van der Waals surface area contributed by atoms with Crippen LogP contribution in [0.15, 0.2) is 0 Å². The molecule has 0 radical (unpaired) electrons. The minimum Gasteiger partial charge on any atom is -0.379 e. The molecule has 0 fully saturated rings. The Morgan fingerprint density at radius 2 is 1.62 bits per heavy atom. The van der Waals surface area contributed by atoms with Crippen molar-refractivity contribution in [1.82, 2.24) is 0 Å². The zero-order valence-corrected chi connectivity index (χ0v) is 10.2. The molecule has 0 aliphatic rings. The molecular weight excluding hydrogens is 160 g/mol. The van der Waals surface area contributed by atoms with E-state index in [1.807, 2.05) is 0 Å². The van der Waals surface area contributed by atoms with Crippen LogP contribution in [0.1, 0.15) is 54.4 Å². The molecule has 0 aliphatic carbocycles. The third-order valence-corrected chi connectivity index (χ3v) is 2.98. The molecule has 0 aromatic carbocycles. The third kappa shape index (κ3) is 6.09. The average Bonchev–Trinajstić information content (AvgIpc) is 1.97. The summed E-state index contributed by atoms with van der Waals surface area (Å²) in [7, 11) is 0. The van der Waals surface area contributed by atoms with Gasteiger partial charge in [-0.05, 0) is 38.0 Å². The summed E-state index contributed by atoms with van der Waals surface area (Å²) in [4.78, 5) is 0. The van der Waals surface area contributed by atoms with Crippen molar-refractivity contribution in [3.05, 3.63) is 0 Å². The van der Waals surface area contributed by atoms with Crippen LogP contribution >= 0.6 is 0 Å². The van der Waals surface area contributed by atoms with Crippen molar-refractivity contribution in [3.63, 3.8) is 0 Å². The average molecular weight is 186 g/mol. The Morgan fingerprint density at radius 1 is 1.08 bits per heavy atom. The molecule has 13 heavy (non-hydrogen) atoms. The fraction of sp³-hybridized carbons (Fsp3) is 1.00. The Bertz CT molecular complexity index is 125. The van der Waals surface area contributed by atoms with E-state index < -0.39 is 0 Å². The van der Waals surface area contributed by atoms with Gasteiger partial charge in [0.25, 0.3) is 0 Å². The van der Waals surface area contributed by atoms with Crippen molar-refractivity contribution in [2.75, 3.05) is 6.61 Å². The van der Waals surface area contributed by atoms with E-state index in [4.69, 9.17) is 4.74 Å². The predicted molar refractivity (Wildman–Crippen MR) is 58.9 cm³/mol. The zero-order chi connectivity index (χ0) is 10.5. The fourth-order valence-electron chi connectivity index (χ4n) is 1.14. The Labute approximate surface area is 83.9 Å². The van der Waals surface area contributed by atoms with Gasteiger partial charge < -0.3 is 4.74 Å². The molecule has 1 nitrogen and oxygen atoms in total. The van der Waals surface area contributed by atoms with Crippen molar-refractivity contribution in [2.45, 2.75) is 60.5 Å². The molecule has 0 aliphatic heterocycles. The maximum absolute atomic E-state index is 5.52. The molecule has 80 valence electrons. The van der Waals surface area contributed by atoms with E-state index >= 15 is 0 Å². The summed E-state index contributed by atoms with van der Waals surface area (Å²) < 4.78 is 5.52. The van der Waals surface area contributed by atoms with Crippen LogP contribution in [-0.4, -0.2) is 12.7 Å². The molecule has 0 amide bonds. The predicted octanol–water partition coefficient (Wildman–Crippen LogP) is 3.87. The van der Waals surface area contributed by atoms with Gasteiger partial charge in [0.2, 0.25) is 0 Å². The topological polar surface area (TPSA) is 9.23 Å². The second kappa shape index (κ2) is 5.64. The maximum atomic E-state index is 5.52. The lowest BCUT2D eigenvalue weighted by atomic mass is 9.77. The van der Waals surface area contributed by atoms with Crippen molar-refractivity contribution in [2.24, 2.45) is 11.3 Å². The van der Waals surface area contributed by atoms with Gasteiger partial charge in [-0.1, -0.05) is 27.7 Å². The van der Waals surface area contributed by atoms with Gasteiger partial charge in [-0.15, -0.1) is 0 Å². The first-order valence-electron chi connectivity index (χ1n) is 5.48. The van der Waals surface area contributed by atoms with Gasteiger partial charge in [-0.25, -0.2) is 0 Å². The minimum absolute atomic E-state index is 0.377. The van der Waals surface area contributed by atoms with Crippen LogP contribution in [0.25, 0.3) is 0 Å². The van der Waals surface area contributed by atoms with Crippen LogP contribution in [0, 0.1) is 11.3 Å². The van der Waals surface area contributed by atoms with E-state index in [1.54, 1.807) is 0 Å². The van der Waals surface area contributed by atoms with E-state index in [9.17, 15) is 0 Å². The Morgan fingerprint density at radius 3 is 2.00 bits per heavy atom. The highest BCUT2D eigenvalue weighted by molar-refractivity contribution is 4.71. The summed E-state index contributed by atoms with van der Waals surface area (Å²) in [6.45, 7) is 14.4. The summed E-state index contributed by atoms with van der Waals surface area (Å²) in [5.41, 5.74) is 0.459. The van der Waals surface area contributed by atoms with Crippen LogP contribution in [0.4, 0.5) is 0 Å². The first kappa shape index (κ1) is 13.0. The first-order valence-corrected chi connectivity index (χ1v) is 5.48. The molecule has 0 heterocycles. The van der Waals surface area contributed by atoms with Crippen LogP contribution in [-0.2, 0) is 4.74 Å². The van der Waals surface area contributed by atoms with Gasteiger partial charge in [0.05, 0.1) is 6.10 Å². The number of hydrogen-bond donors (Lipinski definition) is 0. The normalized spacial score (nSPS) is 12.9. The van der Waals surface area contributed by atoms with Crippen LogP contribution in [0.5, 0.6) is 0 Å². The molecule has 0 atom stereocenters. The van der Waals surface area contributed by atoms with E-state index in [2.05, 4.69) is 41.5 Å². The molecule has 0 unspecified atom stereocenters. The third-order valence-electron chi connectivity index (χ3n) is 2.98. The monoisotopic (exact) mass is 186 g/mol. The highest BCUT2D eigenvalue weighted by Crippen LogP contribution is 2.31. The Balaban J connectivity index is 3.52. The lowest BCUT2D eigenvalue weighted by Crippen LogP contribution is -2.20. The Kier molecular flexibility index (Phi) is 5.62. The van der Waals surface area contributed by atoms with Crippen LogP contribution < -0.4 is 0 Å². The Hall–Kier alpha value is -0.0400. The van der Waals surface area contributed by atoms with Gasteiger partial charge in [-0.3, -0.25) is 0 Å². The SMILES string of the molecule is CC(C)OCCCC(C)(C)C(C)C. The first-order chi connectivity index (χ1) is 5.86. The quantitative estimate of drug-likeness (QED) is 0.572. The summed E-state index contributed by atoms with van der Waals surface area (Å²) >= 11 is 0. The van der Waals surface area contributed by atoms with Crippen molar-refractivity contribution < 1.29 is 4.74 Å². The highest BCUT2D eigenvalue weighted by atomic mass is 16.5. The van der Waals surface area contributed by atoms with E-state index in [0.29, 0.717) is 11.5 Å². The molecule has 1 heteroatoms. The second-order valence-corrected chi connectivity index (χ2v) is 5.17. The largest absolute Gasteiger partial charge is 0.379 e. The molecule has 0 aromatic rings. The van der Waals surface area contributed by atoms with Crippen LogP contribution in [0.3, 0.4) is 0 Å². The van der Waals surface area contributed by atoms with Crippen LogP contribution in [0.2, 0.25) is 0 Å². The number of hydrogen-bond acceptors (Lipinski definition) is 1. The lowest BCUT2D eigenvalue weighted by molar-refractivity contribution is 0.0663. The van der Waals surface area contributed by atoms with Gasteiger partial charge in [0, 0.05) is 6.61 Å². The van der Waals surface area contributed by atoms with Gasteiger partial charge in [0.1, 0.15) is 0 Å². The molecular formula is C12H26O. The molecule has 0 N–H and O–H groups in total. The fourth-order valence-corrected chi connectivity index (χ4v) is 1.14. The molecule has 0 aromatic heterocycles. The number of rotatable bonds is 6. The minimum atomic E-state index is 0.377. The summed E-state index contributed by atoms with van der Waals surface area (Å²) in [6, 6.07) is 0. The maximum Gasteiger partial charge on any atom is 0.0518 e. The number of ether oxygens (including phenoxy) is 1. The molecule has 0 saturated heterocycles. The smallest absolute Gasteiger partial charge is 0.0518 e. The van der Waals surface area contributed by atoms with Gasteiger partial charge in [-0.2, -0.15) is 0 Å². The van der Waals surface area contributed by atoms with Gasteiger partial charge >= 0.3 is 0 Å². The summed E-state index contributed by atoms with van der Waals surface area (Å²) in [6.07, 6.45) is 2.82. The zero-order valence-electron chi connectivity index (χ0n) is 10.2. The summed E-state index contributed by atoms with van der Waals surface area (Å²) in [5, 5.41) is 0. The van der Waals surface area contributed by atoms with E-state index in [1.165, 1.54) is 12.8 Å². The molecule has 0 saturated carbocycles. The molecule has 0 spiro atoms. The standard InChI is InChI=1S/C12H26O/c1-10(2)12(5,6)8-7-9-13-11(3)4/h10-11H,7-9H2,1-6H3. The van der Waals surface area contributed by atoms with E-state index in [0.717, 1.165) is 12.5 Å². The van der Waals surface area contributed by atoms with E-state index in [-0.39, 0.29) is 0 Å². The highest BCUT2D eigenvalue weighted by Gasteiger charge is 2.21. The second-order valence-electron chi connectivity index (χ2n) is 5.17. The lowest BCUT2D eigenvalue weighted by Gasteiger charge is -2.29. The van der Waals surface area contributed by atoms with Gasteiger partial charge in [0.15, 0.2) is 0 Å². The summed E-state index contributed by atoms with van der Waals surface area (Å²) in [5.74, 6) is 0.756. The molecule has 0 bridgehead atoms. The molecule has 0 rings (SSSR count). The van der Waals surface area contributed by atoms with Crippen molar-refractivity contribution in [3.8, 4) is 0 Å². The van der Waals surface area contributed by atoms with Crippen molar-refractivity contribution >= 4 is 0 Å². The van der Waals surface area contributed by atoms with Crippen molar-refractivity contribution in [1.29, 1.82) is 0 Å².